The van der Waals surface area contributed by atoms with Gasteiger partial charge in [0, 0.05) is 26.2 Å². The molecule has 98 valence electrons. The van der Waals surface area contributed by atoms with E-state index in [2.05, 4.69) is 11.8 Å². The average molecular weight is 241 g/mol. The molecule has 0 spiro atoms. The molecule has 17 heavy (non-hydrogen) atoms. The van der Waals surface area contributed by atoms with Crippen LogP contribution in [0, 0.1) is 11.8 Å². The second-order valence-corrected chi connectivity index (χ2v) is 5.31. The number of ether oxygens (including phenoxy) is 2. The molecule has 3 atom stereocenters. The number of carbonyl (C=O) groups is 1. The molecule has 0 N–H and O–H groups in total. The molecule has 2 saturated heterocycles. The normalized spacial score (nSPS) is 34.8. The summed E-state index contributed by atoms with van der Waals surface area (Å²) in [5.41, 5.74) is 0. The van der Waals surface area contributed by atoms with Crippen molar-refractivity contribution in [2.45, 2.75) is 32.3 Å². The minimum atomic E-state index is -0.0652. The quantitative estimate of drug-likeness (QED) is 0.698. The Labute approximate surface area is 103 Å². The molecule has 4 heteroatoms. The fourth-order valence-electron chi connectivity index (χ4n) is 2.91. The highest BCUT2D eigenvalue weighted by Crippen LogP contribution is 2.25. The third-order valence-corrected chi connectivity index (χ3v) is 3.93. The zero-order chi connectivity index (χ0) is 12.3. The molecule has 0 saturated carbocycles. The largest absolute Gasteiger partial charge is 0.469 e. The zero-order valence-corrected chi connectivity index (χ0v) is 10.9. The SMILES string of the molecule is COC(=O)C1CN(CC2CCCCO2)CC1C. The van der Waals surface area contributed by atoms with Gasteiger partial charge < -0.3 is 9.47 Å². The van der Waals surface area contributed by atoms with Crippen molar-refractivity contribution in [2.75, 3.05) is 33.4 Å². The molecule has 4 nitrogen and oxygen atoms in total. The molecular formula is C13H23NO3. The monoisotopic (exact) mass is 241 g/mol. The fourth-order valence-corrected chi connectivity index (χ4v) is 2.91. The summed E-state index contributed by atoms with van der Waals surface area (Å²) >= 11 is 0. The van der Waals surface area contributed by atoms with Gasteiger partial charge in [0.15, 0.2) is 0 Å². The zero-order valence-electron chi connectivity index (χ0n) is 10.9. The van der Waals surface area contributed by atoms with E-state index in [0.717, 1.165) is 32.7 Å². The lowest BCUT2D eigenvalue weighted by Gasteiger charge is -2.27. The summed E-state index contributed by atoms with van der Waals surface area (Å²) in [5.74, 6) is 0.374. The van der Waals surface area contributed by atoms with E-state index in [9.17, 15) is 4.79 Å². The molecule has 0 amide bonds. The van der Waals surface area contributed by atoms with Crippen molar-refractivity contribution in [3.63, 3.8) is 0 Å². The van der Waals surface area contributed by atoms with Crippen LogP contribution in [-0.2, 0) is 14.3 Å². The number of likely N-dealkylation sites (tertiary alicyclic amines) is 1. The third-order valence-electron chi connectivity index (χ3n) is 3.93. The predicted molar refractivity (Wildman–Crippen MR) is 64.7 cm³/mol. The molecular weight excluding hydrogens is 218 g/mol. The van der Waals surface area contributed by atoms with Crippen molar-refractivity contribution in [3.8, 4) is 0 Å². The van der Waals surface area contributed by atoms with Crippen LogP contribution >= 0.6 is 0 Å². The highest BCUT2D eigenvalue weighted by Gasteiger charge is 2.36. The van der Waals surface area contributed by atoms with Crippen LogP contribution in [0.5, 0.6) is 0 Å². The first-order valence-electron chi connectivity index (χ1n) is 6.62. The Morgan fingerprint density at radius 2 is 2.24 bits per heavy atom. The van der Waals surface area contributed by atoms with Gasteiger partial charge in [0.05, 0.1) is 19.1 Å². The van der Waals surface area contributed by atoms with Crippen molar-refractivity contribution in [1.29, 1.82) is 0 Å². The molecule has 3 unspecified atom stereocenters. The maximum atomic E-state index is 11.6. The van der Waals surface area contributed by atoms with Gasteiger partial charge in [-0.2, -0.15) is 0 Å². The lowest BCUT2D eigenvalue weighted by atomic mass is 9.99. The Morgan fingerprint density at radius 3 is 2.88 bits per heavy atom. The van der Waals surface area contributed by atoms with E-state index >= 15 is 0 Å². The van der Waals surface area contributed by atoms with E-state index in [1.165, 1.54) is 20.0 Å². The average Bonchev–Trinajstić information content (AvgIpc) is 2.70. The van der Waals surface area contributed by atoms with Gasteiger partial charge in [-0.1, -0.05) is 6.92 Å². The number of esters is 1. The van der Waals surface area contributed by atoms with Crippen molar-refractivity contribution in [2.24, 2.45) is 11.8 Å². The molecule has 2 aliphatic heterocycles. The Hall–Kier alpha value is -0.610. The summed E-state index contributed by atoms with van der Waals surface area (Å²) < 4.78 is 10.6. The van der Waals surface area contributed by atoms with Crippen LogP contribution in [-0.4, -0.2) is 50.3 Å². The smallest absolute Gasteiger partial charge is 0.310 e. The van der Waals surface area contributed by atoms with E-state index in [1.807, 2.05) is 0 Å². The second-order valence-electron chi connectivity index (χ2n) is 5.31. The number of methoxy groups -OCH3 is 1. The summed E-state index contributed by atoms with van der Waals surface area (Å²) in [5, 5.41) is 0. The topological polar surface area (TPSA) is 38.8 Å². The van der Waals surface area contributed by atoms with Gasteiger partial charge >= 0.3 is 5.97 Å². The van der Waals surface area contributed by atoms with Crippen LogP contribution in [0.15, 0.2) is 0 Å². The molecule has 0 aliphatic carbocycles. The van der Waals surface area contributed by atoms with Crippen LogP contribution in [0.1, 0.15) is 26.2 Å². The van der Waals surface area contributed by atoms with Crippen LogP contribution in [0.3, 0.4) is 0 Å². The van der Waals surface area contributed by atoms with Gasteiger partial charge in [0.1, 0.15) is 0 Å². The fraction of sp³-hybridized carbons (Fsp3) is 0.923. The van der Waals surface area contributed by atoms with Gasteiger partial charge in [0.25, 0.3) is 0 Å². The highest BCUT2D eigenvalue weighted by molar-refractivity contribution is 5.73. The molecule has 2 heterocycles. The lowest BCUT2D eigenvalue weighted by molar-refractivity contribution is -0.146. The van der Waals surface area contributed by atoms with E-state index in [1.54, 1.807) is 0 Å². The number of nitrogens with zero attached hydrogens (tertiary/aromatic N) is 1. The molecule has 2 rings (SSSR count). The predicted octanol–water partition coefficient (Wildman–Crippen LogP) is 1.30. The first kappa shape index (κ1) is 12.8. The molecule has 2 aliphatic rings. The molecule has 0 bridgehead atoms. The van der Waals surface area contributed by atoms with E-state index < -0.39 is 0 Å². The molecule has 0 aromatic heterocycles. The van der Waals surface area contributed by atoms with Crippen LogP contribution < -0.4 is 0 Å². The first-order chi connectivity index (χ1) is 8.20. The minimum Gasteiger partial charge on any atom is -0.469 e. The van der Waals surface area contributed by atoms with Crippen molar-refractivity contribution >= 4 is 5.97 Å². The summed E-state index contributed by atoms with van der Waals surface area (Å²) in [6, 6.07) is 0. The van der Waals surface area contributed by atoms with Gasteiger partial charge in [-0.25, -0.2) is 0 Å². The molecule has 0 aromatic rings. The number of carbonyl (C=O) groups excluding carboxylic acids is 1. The summed E-state index contributed by atoms with van der Waals surface area (Å²) in [4.78, 5) is 13.9. The Bertz CT molecular complexity index is 263. The summed E-state index contributed by atoms with van der Waals surface area (Å²) in [6.45, 7) is 5.81. The van der Waals surface area contributed by atoms with Crippen molar-refractivity contribution in [1.82, 2.24) is 4.90 Å². The van der Waals surface area contributed by atoms with E-state index in [4.69, 9.17) is 9.47 Å². The van der Waals surface area contributed by atoms with Gasteiger partial charge in [-0.3, -0.25) is 9.69 Å². The summed E-state index contributed by atoms with van der Waals surface area (Å²) in [7, 11) is 1.47. The van der Waals surface area contributed by atoms with Gasteiger partial charge in [-0.05, 0) is 25.2 Å². The number of rotatable bonds is 3. The highest BCUT2D eigenvalue weighted by atomic mass is 16.5. The van der Waals surface area contributed by atoms with Crippen molar-refractivity contribution < 1.29 is 14.3 Å². The van der Waals surface area contributed by atoms with Crippen molar-refractivity contribution in [3.05, 3.63) is 0 Å². The minimum absolute atomic E-state index is 0.0450. The van der Waals surface area contributed by atoms with E-state index in [0.29, 0.717) is 12.0 Å². The Balaban J connectivity index is 1.81. The molecule has 0 radical (unpaired) electrons. The van der Waals surface area contributed by atoms with Gasteiger partial charge in [-0.15, -0.1) is 0 Å². The maximum Gasteiger partial charge on any atom is 0.310 e. The van der Waals surface area contributed by atoms with Crippen LogP contribution in [0.25, 0.3) is 0 Å². The lowest BCUT2D eigenvalue weighted by Crippen LogP contribution is -2.35. The van der Waals surface area contributed by atoms with Gasteiger partial charge in [0.2, 0.25) is 0 Å². The Kier molecular flexibility index (Phi) is 4.40. The Morgan fingerprint density at radius 1 is 1.41 bits per heavy atom. The standard InChI is InChI=1S/C13H23NO3/c1-10-7-14(9-12(10)13(15)16-2)8-11-5-3-4-6-17-11/h10-12H,3-9H2,1-2H3. The first-order valence-corrected chi connectivity index (χ1v) is 6.62. The van der Waals surface area contributed by atoms with Crippen LogP contribution in [0.2, 0.25) is 0 Å². The van der Waals surface area contributed by atoms with E-state index in [-0.39, 0.29) is 11.9 Å². The number of hydrogen-bond donors (Lipinski definition) is 0. The summed E-state index contributed by atoms with van der Waals surface area (Å²) in [6.07, 6.45) is 3.99. The molecule has 0 aromatic carbocycles. The third kappa shape index (κ3) is 3.19. The maximum absolute atomic E-state index is 11.6. The van der Waals surface area contributed by atoms with Crippen LogP contribution in [0.4, 0.5) is 0 Å². The molecule has 2 fully saturated rings. The second kappa shape index (κ2) is 5.83. The number of hydrogen-bond acceptors (Lipinski definition) is 4.